The second kappa shape index (κ2) is 9.92. The van der Waals surface area contributed by atoms with Crippen molar-refractivity contribution in [2.24, 2.45) is 0 Å². The van der Waals surface area contributed by atoms with Crippen molar-refractivity contribution in [3.63, 3.8) is 0 Å². The Morgan fingerprint density at radius 3 is 2.45 bits per heavy atom. The van der Waals surface area contributed by atoms with E-state index in [1.807, 2.05) is 30.3 Å². The zero-order valence-corrected chi connectivity index (χ0v) is 18.8. The molecule has 0 amide bonds. The van der Waals surface area contributed by atoms with Crippen LogP contribution in [0.25, 0.3) is 0 Å². The van der Waals surface area contributed by atoms with Gasteiger partial charge in [-0.15, -0.1) is 0 Å². The molecule has 6 heteroatoms. The molecule has 0 aliphatic carbocycles. The van der Waals surface area contributed by atoms with E-state index in [0.29, 0.717) is 13.0 Å². The Labute approximate surface area is 178 Å². The summed E-state index contributed by atoms with van der Waals surface area (Å²) in [4.78, 5) is 12.7. The molecule has 0 N–H and O–H groups in total. The first kappa shape index (κ1) is 22.1. The zero-order chi connectivity index (χ0) is 20.9. The van der Waals surface area contributed by atoms with Crippen molar-refractivity contribution in [1.29, 1.82) is 0 Å². The summed E-state index contributed by atoms with van der Waals surface area (Å²) in [5, 5.41) is -0.0143. The van der Waals surface area contributed by atoms with Crippen LogP contribution in [0.5, 0.6) is 0 Å². The molecular weight excluding hydrogens is 402 g/mol. The highest BCUT2D eigenvalue weighted by atomic mass is 32.2. The van der Waals surface area contributed by atoms with E-state index in [1.54, 1.807) is 0 Å². The molecule has 29 heavy (non-hydrogen) atoms. The van der Waals surface area contributed by atoms with Gasteiger partial charge in [0.1, 0.15) is 0 Å². The molecule has 4 nitrogen and oxygen atoms in total. The molecule has 3 rings (SSSR count). The molecule has 0 saturated carbocycles. The fourth-order valence-corrected chi connectivity index (χ4v) is 6.70. The zero-order valence-electron chi connectivity index (χ0n) is 17.1. The van der Waals surface area contributed by atoms with Crippen LogP contribution in [-0.4, -0.2) is 36.2 Å². The Morgan fingerprint density at radius 1 is 1.07 bits per heavy atom. The second-order valence-electron chi connectivity index (χ2n) is 7.78. The summed E-state index contributed by atoms with van der Waals surface area (Å²) in [6.45, 7) is 4.63. The van der Waals surface area contributed by atoms with Crippen molar-refractivity contribution < 1.29 is 13.2 Å². The molecule has 1 fully saturated rings. The highest BCUT2D eigenvalue weighted by Crippen LogP contribution is 2.27. The molecule has 1 saturated heterocycles. The van der Waals surface area contributed by atoms with Gasteiger partial charge in [-0.2, -0.15) is 4.31 Å². The largest absolute Gasteiger partial charge is 0.285 e. The number of sulfonamides is 1. The number of carbonyl (C=O) groups excluding carboxylic acids is 1. The molecule has 1 unspecified atom stereocenters. The van der Waals surface area contributed by atoms with Crippen molar-refractivity contribution in [1.82, 2.24) is 4.31 Å². The van der Waals surface area contributed by atoms with Crippen LogP contribution in [0, 0.1) is 13.8 Å². The van der Waals surface area contributed by atoms with Crippen LogP contribution < -0.4 is 0 Å². The van der Waals surface area contributed by atoms with Gasteiger partial charge in [-0.05, 0) is 50.7 Å². The summed E-state index contributed by atoms with van der Waals surface area (Å²) in [5.41, 5.74) is 4.57. The van der Waals surface area contributed by atoms with Crippen LogP contribution in [0.15, 0.2) is 48.5 Å². The van der Waals surface area contributed by atoms with E-state index in [1.165, 1.54) is 32.8 Å². The quantitative estimate of drug-likeness (QED) is 0.578. The van der Waals surface area contributed by atoms with Crippen LogP contribution in [-0.2, 0) is 27.0 Å². The maximum absolute atomic E-state index is 12.9. The third-order valence-corrected chi connectivity index (χ3v) is 8.06. The number of hydrogen-bond donors (Lipinski definition) is 0. The first-order valence-corrected chi connectivity index (χ1v) is 12.7. The van der Waals surface area contributed by atoms with Crippen LogP contribution in [0.4, 0.5) is 0 Å². The maximum Gasteiger partial charge on any atom is 0.218 e. The number of carbonyl (C=O) groups is 1. The third-order valence-electron chi connectivity index (χ3n) is 5.16. The van der Waals surface area contributed by atoms with Gasteiger partial charge in [0.2, 0.25) is 15.1 Å². The average Bonchev–Trinajstić information content (AvgIpc) is 3.16. The fraction of sp³-hybridized carbons (Fsp3) is 0.435. The van der Waals surface area contributed by atoms with Crippen molar-refractivity contribution in [2.75, 3.05) is 12.3 Å². The summed E-state index contributed by atoms with van der Waals surface area (Å²) in [5.74, 6) is 0.671. The molecule has 1 heterocycles. The summed E-state index contributed by atoms with van der Waals surface area (Å²) in [6.07, 6.45) is 3.21. The number of nitrogens with zero attached hydrogens (tertiary/aromatic N) is 1. The number of hydrogen-bond acceptors (Lipinski definition) is 4. The minimum atomic E-state index is -3.49. The molecular formula is C23H29NO3S2. The lowest BCUT2D eigenvalue weighted by Crippen LogP contribution is -2.40. The first-order chi connectivity index (χ1) is 13.8. The molecule has 1 aliphatic heterocycles. The van der Waals surface area contributed by atoms with E-state index in [4.69, 9.17) is 0 Å². The lowest BCUT2D eigenvalue weighted by atomic mass is 10.0. The lowest BCUT2D eigenvalue weighted by molar-refractivity contribution is -0.113. The van der Waals surface area contributed by atoms with Gasteiger partial charge in [0.15, 0.2) is 0 Å². The predicted octanol–water partition coefficient (Wildman–Crippen LogP) is 4.49. The van der Waals surface area contributed by atoms with Crippen molar-refractivity contribution in [3.05, 3.63) is 70.8 Å². The number of benzene rings is 2. The normalized spacial score (nSPS) is 17.5. The van der Waals surface area contributed by atoms with Gasteiger partial charge in [0.25, 0.3) is 0 Å². The smallest absolute Gasteiger partial charge is 0.218 e. The van der Waals surface area contributed by atoms with Crippen molar-refractivity contribution >= 4 is 26.9 Å². The van der Waals surface area contributed by atoms with E-state index in [-0.39, 0.29) is 10.9 Å². The summed E-state index contributed by atoms with van der Waals surface area (Å²) >= 11 is 1.28. The predicted molar refractivity (Wildman–Crippen MR) is 120 cm³/mol. The number of aryl methyl sites for hydroxylation is 3. The molecule has 0 bridgehead atoms. The Morgan fingerprint density at radius 2 is 1.76 bits per heavy atom. The first-order valence-electron chi connectivity index (χ1n) is 10.1. The Hall–Kier alpha value is -1.63. The lowest BCUT2D eigenvalue weighted by Gasteiger charge is -2.22. The van der Waals surface area contributed by atoms with Gasteiger partial charge < -0.3 is 0 Å². The van der Waals surface area contributed by atoms with Gasteiger partial charge in [0, 0.05) is 12.3 Å². The molecule has 0 spiro atoms. The maximum atomic E-state index is 12.9. The average molecular weight is 432 g/mol. The van der Waals surface area contributed by atoms with Gasteiger partial charge in [-0.3, -0.25) is 4.79 Å². The van der Waals surface area contributed by atoms with Crippen molar-refractivity contribution in [3.8, 4) is 0 Å². The minimum absolute atomic E-state index is 0.0143. The topological polar surface area (TPSA) is 54.5 Å². The van der Waals surface area contributed by atoms with Crippen LogP contribution >= 0.6 is 11.8 Å². The number of rotatable bonds is 8. The van der Waals surface area contributed by atoms with Gasteiger partial charge in [0.05, 0.1) is 11.8 Å². The molecule has 1 atom stereocenters. The molecule has 0 radical (unpaired) electrons. The standard InChI is InChI=1S/C23H29NO3S2/c1-18-14-19(2)16-21(15-18)10-7-13-28-23(25)22-11-6-12-24(22)29(26,27)17-20-8-4-3-5-9-20/h3-5,8-9,14-16,22H,6-7,10-13,17H2,1-2H3. The third kappa shape index (κ3) is 6.17. The van der Waals surface area contributed by atoms with E-state index < -0.39 is 16.1 Å². The molecule has 2 aromatic carbocycles. The van der Waals surface area contributed by atoms with E-state index in [9.17, 15) is 13.2 Å². The molecule has 156 valence electrons. The van der Waals surface area contributed by atoms with Crippen molar-refractivity contribution in [2.45, 2.75) is 51.3 Å². The van der Waals surface area contributed by atoms with Gasteiger partial charge in [-0.25, -0.2) is 8.42 Å². The Bertz CT molecular complexity index is 922. The minimum Gasteiger partial charge on any atom is -0.285 e. The van der Waals surface area contributed by atoms with Crippen LogP contribution in [0.3, 0.4) is 0 Å². The summed E-state index contributed by atoms with van der Waals surface area (Å²) in [7, 11) is -3.49. The summed E-state index contributed by atoms with van der Waals surface area (Å²) in [6, 6.07) is 15.2. The molecule has 1 aliphatic rings. The van der Waals surface area contributed by atoms with Gasteiger partial charge >= 0.3 is 0 Å². The van der Waals surface area contributed by atoms with Gasteiger partial charge in [-0.1, -0.05) is 71.4 Å². The molecule has 2 aromatic rings. The Balaban J connectivity index is 1.53. The highest BCUT2D eigenvalue weighted by Gasteiger charge is 2.38. The van der Waals surface area contributed by atoms with E-state index in [2.05, 4.69) is 32.0 Å². The summed E-state index contributed by atoms with van der Waals surface area (Å²) < 4.78 is 27.2. The fourth-order valence-electron chi connectivity index (χ4n) is 3.94. The number of thioether (sulfide) groups is 1. The van der Waals surface area contributed by atoms with Crippen LogP contribution in [0.1, 0.15) is 41.5 Å². The van der Waals surface area contributed by atoms with E-state index in [0.717, 1.165) is 30.6 Å². The molecule has 0 aromatic heterocycles. The van der Waals surface area contributed by atoms with E-state index >= 15 is 0 Å². The highest BCUT2D eigenvalue weighted by molar-refractivity contribution is 8.13. The second-order valence-corrected chi connectivity index (χ2v) is 10.8. The SMILES string of the molecule is Cc1cc(C)cc(CCCSC(=O)C2CCCN2S(=O)(=O)Cc2ccccc2)c1. The Kier molecular flexibility index (Phi) is 7.55. The van der Waals surface area contributed by atoms with Crippen LogP contribution in [0.2, 0.25) is 0 Å². The monoisotopic (exact) mass is 431 g/mol.